The van der Waals surface area contributed by atoms with E-state index < -0.39 is 0 Å². The lowest BCUT2D eigenvalue weighted by Gasteiger charge is -1.02. The number of isocyanates is 1. The van der Waals surface area contributed by atoms with Gasteiger partial charge in [0.25, 0.3) is 0 Å². The maximum absolute atomic E-state index is 8.35. The Bertz CT molecular complexity index is 29.0. The maximum Gasteiger partial charge on any atom is 0.231 e. The maximum atomic E-state index is 8.35. The molecule has 0 radical (unpaired) electrons. The first kappa shape index (κ1) is 10.3. The predicted molar refractivity (Wildman–Crippen MR) is 10.9 cm³/mol. The molecule has 0 aliphatic rings. The average molecular weight is 63.0 g/mol. The molecule has 0 heterocycles. The molecule has 0 rings (SSSR count). The lowest BCUT2D eigenvalue weighted by molar-refractivity contribution is 0.563. The van der Waals surface area contributed by atoms with Crippen LogP contribution in [0.3, 0.4) is 0 Å². The summed E-state index contributed by atoms with van der Waals surface area (Å²) >= 11 is 0. The summed E-state index contributed by atoms with van der Waals surface area (Å²) in [6, 6.07) is 0. The third-order valence-electron chi connectivity index (χ3n) is 0. The van der Waals surface area contributed by atoms with Gasteiger partial charge in [0.1, 0.15) is 0 Å². The fraction of sp³-hybridized carbons (Fsp3) is 0. The van der Waals surface area contributed by atoms with Crippen LogP contribution >= 0.6 is 0 Å². The van der Waals surface area contributed by atoms with Gasteiger partial charge >= 0.3 is 0 Å². The highest BCUT2D eigenvalue weighted by Crippen LogP contribution is 0.868. The first-order valence-corrected chi connectivity index (χ1v) is 0.454. The average Bonchev–Trinajstić information content (AvgIpc) is 0.918. The lowest BCUT2D eigenvalue weighted by atomic mass is 11.7. The van der Waals surface area contributed by atoms with E-state index in [0.717, 1.165) is 6.08 Å². The quantitative estimate of drug-likeness (QED) is 0.313. The third kappa shape index (κ3) is 0.264. The molecule has 0 aliphatic carbocycles. The third-order valence-corrected chi connectivity index (χ3v) is 0. The fourth-order valence-corrected chi connectivity index (χ4v) is 0. The topological polar surface area (TPSA) is 40.9 Å². The molecule has 24 valence electrons. The van der Waals surface area contributed by atoms with Gasteiger partial charge in [0.15, 0.2) is 0 Å². The number of nitrogens with one attached hydrogen (secondary N) is 1. The van der Waals surface area contributed by atoms with Gasteiger partial charge in [0.2, 0.25) is 6.08 Å². The van der Waals surface area contributed by atoms with Crippen molar-refractivity contribution in [2.24, 2.45) is 0 Å². The van der Waals surface area contributed by atoms with Crippen molar-refractivity contribution in [1.82, 2.24) is 0 Å². The standard InChI is InChI=1S/CHNO.FH/c2-1-3;/h2H;1H. The second-order valence-corrected chi connectivity index (χ2v) is 0.102. The summed E-state index contributed by atoms with van der Waals surface area (Å²) in [6.45, 7) is 0. The van der Waals surface area contributed by atoms with Crippen LogP contribution in [0, 0.1) is 5.41 Å². The molecule has 0 aliphatic heterocycles. The van der Waals surface area contributed by atoms with E-state index in [1.807, 2.05) is 0 Å². The van der Waals surface area contributed by atoms with Crippen LogP contribution in [0.4, 0.5) is 4.70 Å². The molecule has 0 aromatic carbocycles. The highest BCUT2D eigenvalue weighted by atomic mass is 19.0. The van der Waals surface area contributed by atoms with Gasteiger partial charge in [-0.15, -0.1) is 0 Å². The highest BCUT2D eigenvalue weighted by Gasteiger charge is 1.03. The van der Waals surface area contributed by atoms with Crippen molar-refractivity contribution >= 4 is 6.08 Å². The van der Waals surface area contributed by atoms with Gasteiger partial charge < -0.3 is 0 Å². The number of hydrogen-bond acceptors (Lipinski definition) is 2. The molecule has 0 spiro atoms. The Morgan fingerprint density at radius 3 is 1.75 bits per heavy atom. The highest BCUT2D eigenvalue weighted by molar-refractivity contribution is 5.26. The minimum absolute atomic E-state index is 0. The van der Waals surface area contributed by atoms with Crippen molar-refractivity contribution in [3.8, 4) is 0 Å². The Morgan fingerprint density at radius 1 is 1.75 bits per heavy atom. The van der Waals surface area contributed by atoms with Crippen LogP contribution < -0.4 is 0 Å². The number of rotatable bonds is 0. The largest absolute Gasteiger partial charge is 0.269 e. The Balaban J connectivity index is 0. The normalized spacial score (nSPS) is 2.00. The molecule has 0 aromatic heterocycles. The molecule has 3 heteroatoms. The van der Waals surface area contributed by atoms with Gasteiger partial charge in [-0.05, 0) is 0 Å². The van der Waals surface area contributed by atoms with E-state index in [2.05, 4.69) is 0 Å². The Hall–Kier alpha value is -0.690. The molecule has 0 saturated carbocycles. The van der Waals surface area contributed by atoms with Crippen molar-refractivity contribution < 1.29 is 9.50 Å². The van der Waals surface area contributed by atoms with Crippen LogP contribution in [0.25, 0.3) is 0 Å². The first-order chi connectivity index (χ1) is 1.41. The van der Waals surface area contributed by atoms with Crippen LogP contribution in [0.15, 0.2) is 0 Å². The Labute approximate surface area is 22.3 Å². The summed E-state index contributed by atoms with van der Waals surface area (Å²) in [6.07, 6.45) is 0.750. The van der Waals surface area contributed by atoms with Crippen LogP contribution in [0.5, 0.6) is 0 Å². The van der Waals surface area contributed by atoms with E-state index in [0.29, 0.717) is 0 Å². The summed E-state index contributed by atoms with van der Waals surface area (Å²) in [5.74, 6) is 0. The molecule has 0 bridgehead atoms. The molecule has 0 amide bonds. The molecule has 0 fully saturated rings. The number of carbonyl (C=O) groups excluding carboxylic acids is 1. The monoisotopic (exact) mass is 63.0 g/mol. The SMILES string of the molecule is F.N=C=O. The fourth-order valence-electron chi connectivity index (χ4n) is 0. The minimum Gasteiger partial charge on any atom is -0.269 e. The Morgan fingerprint density at radius 2 is 1.75 bits per heavy atom. The molecule has 4 heavy (non-hydrogen) atoms. The van der Waals surface area contributed by atoms with E-state index in [1.54, 1.807) is 0 Å². The summed E-state index contributed by atoms with van der Waals surface area (Å²) in [7, 11) is 0. The second-order valence-electron chi connectivity index (χ2n) is 0.102. The van der Waals surface area contributed by atoms with Gasteiger partial charge in [-0.1, -0.05) is 0 Å². The number of hydrogen-bond donors (Lipinski definition) is 1. The zero-order valence-corrected chi connectivity index (χ0v) is 1.82. The zero-order chi connectivity index (χ0) is 2.71. The van der Waals surface area contributed by atoms with Crippen molar-refractivity contribution in [3.05, 3.63) is 0 Å². The molecule has 2 nitrogen and oxygen atoms in total. The van der Waals surface area contributed by atoms with Gasteiger partial charge in [-0.25, -0.2) is 10.2 Å². The van der Waals surface area contributed by atoms with Gasteiger partial charge in [0, 0.05) is 0 Å². The van der Waals surface area contributed by atoms with Crippen molar-refractivity contribution in [1.29, 1.82) is 5.41 Å². The lowest BCUT2D eigenvalue weighted by Crippen LogP contribution is -1.16. The predicted octanol–water partition coefficient (Wildman–Crippen LogP) is 0.0535. The van der Waals surface area contributed by atoms with Crippen LogP contribution in [-0.2, 0) is 4.79 Å². The molecular weight excluding hydrogens is 61.0 g/mol. The second kappa shape index (κ2) is 41.3. The van der Waals surface area contributed by atoms with Crippen molar-refractivity contribution in [2.75, 3.05) is 0 Å². The minimum atomic E-state index is 0. The zero-order valence-electron chi connectivity index (χ0n) is 1.82. The molecule has 0 unspecified atom stereocenters. The van der Waals surface area contributed by atoms with E-state index >= 15 is 0 Å². The summed E-state index contributed by atoms with van der Waals surface area (Å²) in [5, 5.41) is 5.40. The summed E-state index contributed by atoms with van der Waals surface area (Å²) < 4.78 is 0. The van der Waals surface area contributed by atoms with E-state index in [4.69, 9.17) is 10.2 Å². The Kier molecular flexibility index (Phi) is 106. The number of halogens is 1. The van der Waals surface area contributed by atoms with Crippen molar-refractivity contribution in [3.63, 3.8) is 0 Å². The molecule has 0 aromatic rings. The van der Waals surface area contributed by atoms with Gasteiger partial charge in [-0.3, -0.25) is 4.70 Å². The first-order valence-electron chi connectivity index (χ1n) is 0.454. The van der Waals surface area contributed by atoms with Crippen LogP contribution in [-0.4, -0.2) is 6.08 Å². The van der Waals surface area contributed by atoms with Crippen LogP contribution in [0.2, 0.25) is 0 Å². The molecule has 0 saturated heterocycles. The van der Waals surface area contributed by atoms with Crippen molar-refractivity contribution in [2.45, 2.75) is 0 Å². The van der Waals surface area contributed by atoms with Gasteiger partial charge in [0.05, 0.1) is 0 Å². The van der Waals surface area contributed by atoms with E-state index in [1.165, 1.54) is 0 Å². The summed E-state index contributed by atoms with van der Waals surface area (Å²) in [4.78, 5) is 8.35. The smallest absolute Gasteiger partial charge is 0.231 e. The molecule has 1 N–H and O–H groups in total. The van der Waals surface area contributed by atoms with Gasteiger partial charge in [-0.2, -0.15) is 0 Å². The molecular formula is CH2FNO. The summed E-state index contributed by atoms with van der Waals surface area (Å²) in [5.41, 5.74) is 0. The van der Waals surface area contributed by atoms with E-state index in [9.17, 15) is 0 Å². The van der Waals surface area contributed by atoms with Crippen LogP contribution in [0.1, 0.15) is 0 Å². The van der Waals surface area contributed by atoms with E-state index in [-0.39, 0.29) is 4.70 Å². The molecule has 0 atom stereocenters.